The monoisotopic (exact) mass is 424 g/mol. The molecule has 1 atom stereocenters. The molecule has 0 bridgehead atoms. The van der Waals surface area contributed by atoms with E-state index in [1.807, 2.05) is 27.7 Å². The third-order valence-corrected chi connectivity index (χ3v) is 5.04. The molecule has 1 aromatic rings. The summed E-state index contributed by atoms with van der Waals surface area (Å²) in [6.45, 7) is 12.7. The fourth-order valence-electron chi connectivity index (χ4n) is 2.72. The molecule has 0 unspecified atom stereocenters. The molecule has 1 saturated heterocycles. The van der Waals surface area contributed by atoms with E-state index >= 15 is 0 Å². The Morgan fingerprint density at radius 1 is 1.23 bits per heavy atom. The topological polar surface area (TPSA) is 96.0 Å². The number of nitrogens with zero attached hydrogens (tertiary/aromatic N) is 1. The van der Waals surface area contributed by atoms with Crippen molar-refractivity contribution in [1.29, 1.82) is 0 Å². The molecular weight excluding hydrogens is 394 g/mol. The lowest BCUT2D eigenvalue weighted by Crippen LogP contribution is -2.45. The number of alkyl carbamates (subject to hydrolysis) is 1. The van der Waals surface area contributed by atoms with Gasteiger partial charge in [-0.25, -0.2) is 14.0 Å². The zero-order chi connectivity index (χ0) is 22.9. The van der Waals surface area contributed by atoms with Gasteiger partial charge in [0.25, 0.3) is 0 Å². The molecule has 1 aliphatic rings. The van der Waals surface area contributed by atoms with Crippen molar-refractivity contribution in [2.45, 2.75) is 77.7 Å². The summed E-state index contributed by atoms with van der Waals surface area (Å²) in [5.74, 6) is -1.39. The Hall–Kier alpha value is -2.20. The largest absolute Gasteiger partial charge is 0.496 e. The van der Waals surface area contributed by atoms with Gasteiger partial charge in [0.15, 0.2) is 0 Å². The quantitative estimate of drug-likeness (QED) is 0.572. The number of nitrogens with one attached hydrogen (secondary N) is 1. The third-order valence-electron chi connectivity index (χ3n) is 5.04. The number of rotatable bonds is 5. The predicted molar refractivity (Wildman–Crippen MR) is 109 cm³/mol. The highest BCUT2D eigenvalue weighted by Gasteiger charge is 2.52. The fourth-order valence-corrected chi connectivity index (χ4v) is 2.72. The van der Waals surface area contributed by atoms with Crippen LogP contribution >= 0.6 is 0 Å². The van der Waals surface area contributed by atoms with Crippen LogP contribution in [0.4, 0.5) is 9.18 Å². The smallest absolute Gasteiger partial charge is 0.467 e. The molecule has 0 aromatic carbocycles. The standard InChI is InChI=1S/C20H30BFN2O6/c1-18(2,3)28-17(26)24-15(16(25)27-8)10-14-13(22)9-12(11-23-14)21-29-19(4,5)20(6,7)30-21/h9,11,15H,10H2,1-8H3,(H,24,26)/t15-/m0/s1. The fraction of sp³-hybridized carbons (Fsp3) is 0.650. The second kappa shape index (κ2) is 8.51. The lowest BCUT2D eigenvalue weighted by molar-refractivity contribution is -0.143. The summed E-state index contributed by atoms with van der Waals surface area (Å²) in [7, 11) is 0.416. The summed E-state index contributed by atoms with van der Waals surface area (Å²) in [4.78, 5) is 28.2. The maximum atomic E-state index is 14.8. The Morgan fingerprint density at radius 2 is 1.80 bits per heavy atom. The first-order chi connectivity index (χ1) is 13.6. The number of halogens is 1. The van der Waals surface area contributed by atoms with Gasteiger partial charge in [-0.15, -0.1) is 0 Å². The third kappa shape index (κ3) is 5.69. The average molecular weight is 424 g/mol. The maximum Gasteiger partial charge on any atom is 0.496 e. The summed E-state index contributed by atoms with van der Waals surface area (Å²) in [5, 5.41) is 2.40. The van der Waals surface area contributed by atoms with Gasteiger partial charge in [-0.1, -0.05) is 0 Å². The van der Waals surface area contributed by atoms with Crippen LogP contribution in [0.25, 0.3) is 0 Å². The zero-order valence-corrected chi connectivity index (χ0v) is 18.8. The van der Waals surface area contributed by atoms with Gasteiger partial charge >= 0.3 is 19.2 Å². The van der Waals surface area contributed by atoms with Crippen molar-refractivity contribution < 1.29 is 32.8 Å². The van der Waals surface area contributed by atoms with E-state index in [1.165, 1.54) is 19.4 Å². The van der Waals surface area contributed by atoms with E-state index in [0.717, 1.165) is 0 Å². The van der Waals surface area contributed by atoms with Crippen molar-refractivity contribution in [2.75, 3.05) is 7.11 Å². The van der Waals surface area contributed by atoms with E-state index in [2.05, 4.69) is 10.3 Å². The first kappa shape index (κ1) is 24.1. The number of aromatic nitrogens is 1. The number of pyridine rings is 1. The highest BCUT2D eigenvalue weighted by atomic mass is 19.1. The second-order valence-corrected chi connectivity index (χ2v) is 9.21. The molecule has 1 fully saturated rings. The van der Waals surface area contributed by atoms with Crippen molar-refractivity contribution in [2.24, 2.45) is 0 Å². The van der Waals surface area contributed by atoms with Gasteiger partial charge in [0, 0.05) is 18.1 Å². The van der Waals surface area contributed by atoms with Crippen LogP contribution in [0.5, 0.6) is 0 Å². The molecule has 2 rings (SSSR count). The number of hydrogen-bond acceptors (Lipinski definition) is 7. The van der Waals surface area contributed by atoms with Gasteiger partial charge in [-0.3, -0.25) is 4.98 Å². The Morgan fingerprint density at radius 3 is 2.27 bits per heavy atom. The van der Waals surface area contributed by atoms with E-state index in [4.69, 9.17) is 18.8 Å². The van der Waals surface area contributed by atoms with E-state index < -0.39 is 47.8 Å². The van der Waals surface area contributed by atoms with Gasteiger partial charge in [0.05, 0.1) is 24.0 Å². The predicted octanol–water partition coefficient (Wildman–Crippen LogP) is 2.13. The van der Waals surface area contributed by atoms with Crippen LogP contribution in [-0.2, 0) is 30.0 Å². The molecule has 8 nitrogen and oxygen atoms in total. The molecule has 30 heavy (non-hydrogen) atoms. The number of carbonyl (C=O) groups is 2. The second-order valence-electron chi connectivity index (χ2n) is 9.21. The lowest BCUT2D eigenvalue weighted by Gasteiger charge is -2.32. The molecule has 1 N–H and O–H groups in total. The molecule has 2 heterocycles. The van der Waals surface area contributed by atoms with Gasteiger partial charge in [-0.05, 0) is 54.5 Å². The molecule has 0 radical (unpaired) electrons. The van der Waals surface area contributed by atoms with Crippen molar-refractivity contribution >= 4 is 24.6 Å². The highest BCUT2D eigenvalue weighted by Crippen LogP contribution is 2.36. The van der Waals surface area contributed by atoms with Crippen LogP contribution in [0.2, 0.25) is 0 Å². The van der Waals surface area contributed by atoms with Crippen LogP contribution < -0.4 is 10.8 Å². The number of carbonyl (C=O) groups excluding carboxylic acids is 2. The zero-order valence-electron chi connectivity index (χ0n) is 18.8. The van der Waals surface area contributed by atoms with Crippen molar-refractivity contribution in [1.82, 2.24) is 10.3 Å². The SMILES string of the molecule is COC(=O)[C@H](Cc1ncc(B2OC(C)(C)C(C)(C)O2)cc1F)NC(=O)OC(C)(C)C. The van der Waals surface area contributed by atoms with E-state index in [0.29, 0.717) is 5.46 Å². The van der Waals surface area contributed by atoms with Crippen LogP contribution in [0.3, 0.4) is 0 Å². The molecule has 166 valence electrons. The van der Waals surface area contributed by atoms with Crippen molar-refractivity contribution in [3.05, 3.63) is 23.8 Å². The number of amides is 1. The van der Waals surface area contributed by atoms with Gasteiger partial charge in [0.2, 0.25) is 0 Å². The van der Waals surface area contributed by atoms with Crippen LogP contribution in [0.1, 0.15) is 54.2 Å². The van der Waals surface area contributed by atoms with Crippen LogP contribution in [0, 0.1) is 5.82 Å². The van der Waals surface area contributed by atoms with E-state index in [-0.39, 0.29) is 12.1 Å². The Labute approximate surface area is 177 Å². The van der Waals surface area contributed by atoms with E-state index in [1.54, 1.807) is 20.8 Å². The van der Waals surface area contributed by atoms with Gasteiger partial charge in [-0.2, -0.15) is 0 Å². The van der Waals surface area contributed by atoms with Crippen molar-refractivity contribution in [3.63, 3.8) is 0 Å². The van der Waals surface area contributed by atoms with E-state index in [9.17, 15) is 14.0 Å². The molecular formula is C20H30BFN2O6. The summed E-state index contributed by atoms with van der Waals surface area (Å²) in [6, 6.07) is 0.0984. The summed E-state index contributed by atoms with van der Waals surface area (Å²) >= 11 is 0. The van der Waals surface area contributed by atoms with Crippen molar-refractivity contribution in [3.8, 4) is 0 Å². The molecule has 1 aromatic heterocycles. The minimum atomic E-state index is -1.16. The summed E-state index contributed by atoms with van der Waals surface area (Å²) < 4.78 is 36.4. The van der Waals surface area contributed by atoms with Gasteiger partial charge in [0.1, 0.15) is 17.5 Å². The first-order valence-corrected chi connectivity index (χ1v) is 9.72. The lowest BCUT2D eigenvalue weighted by atomic mass is 9.80. The molecule has 10 heteroatoms. The summed E-state index contributed by atoms with van der Waals surface area (Å²) in [6.07, 6.45) is 0.413. The maximum absolute atomic E-state index is 14.8. The normalized spacial score (nSPS) is 18.6. The number of esters is 1. The number of ether oxygens (including phenoxy) is 2. The molecule has 1 amide bonds. The Balaban J connectivity index is 2.16. The van der Waals surface area contributed by atoms with Crippen LogP contribution in [-0.4, -0.2) is 54.1 Å². The van der Waals surface area contributed by atoms with Gasteiger partial charge < -0.3 is 24.1 Å². The minimum absolute atomic E-state index is 0.0123. The number of methoxy groups -OCH3 is 1. The minimum Gasteiger partial charge on any atom is -0.467 e. The molecule has 0 aliphatic carbocycles. The van der Waals surface area contributed by atoms with Crippen LogP contribution in [0.15, 0.2) is 12.3 Å². The molecule has 1 aliphatic heterocycles. The highest BCUT2D eigenvalue weighted by molar-refractivity contribution is 6.62. The Kier molecular flexibility index (Phi) is 6.83. The number of hydrogen-bond donors (Lipinski definition) is 1. The summed E-state index contributed by atoms with van der Waals surface area (Å²) in [5.41, 5.74) is -1.48. The Bertz CT molecular complexity index is 793. The first-order valence-electron chi connectivity index (χ1n) is 9.72. The average Bonchev–Trinajstić information content (AvgIpc) is 2.81. The molecule has 0 spiro atoms. The molecule has 0 saturated carbocycles.